The fourth-order valence-corrected chi connectivity index (χ4v) is 0.151. The molecular weight excluding hydrogens is 176 g/mol. The number of hydrogen-bond donors (Lipinski definition) is 1. The number of carboxylic acids is 1. The molecule has 0 spiro atoms. The van der Waals surface area contributed by atoms with Gasteiger partial charge in [0.2, 0.25) is 0 Å². The highest BCUT2D eigenvalue weighted by atomic mass is 16.4. The Hall–Kier alpha value is -0.530. The Morgan fingerprint density at radius 3 is 1.29 bits per heavy atom. The van der Waals surface area contributed by atoms with Gasteiger partial charge in [0.25, 0.3) is 0 Å². The van der Waals surface area contributed by atoms with Crippen LogP contribution in [-0.4, -0.2) is 11.1 Å². The Kier molecular flexibility index (Phi) is 6.88. The van der Waals surface area contributed by atoms with Gasteiger partial charge in [-0.15, -0.1) is 0 Å². The molecule has 0 atom stereocenters. The molecule has 0 saturated heterocycles. The molecule has 0 aromatic rings. The van der Waals surface area contributed by atoms with Crippen LogP contribution in [0.25, 0.3) is 0 Å². The summed E-state index contributed by atoms with van der Waals surface area (Å²) in [5, 5.41) is 8.44. The van der Waals surface area contributed by atoms with E-state index in [2.05, 4.69) is 27.7 Å². The molecule has 0 aromatic heterocycles. The van der Waals surface area contributed by atoms with E-state index >= 15 is 0 Å². The summed E-state index contributed by atoms with van der Waals surface area (Å²) in [7, 11) is 0. The zero-order valence-corrected chi connectivity index (χ0v) is 10.8. The molecule has 0 unspecified atom stereocenters. The fourth-order valence-electron chi connectivity index (χ4n) is 0.151. The third kappa shape index (κ3) is 9.56. The molecule has 0 saturated carbocycles. The van der Waals surface area contributed by atoms with Crippen molar-refractivity contribution in [1.82, 2.24) is 0 Å². The molecule has 14 heavy (non-hydrogen) atoms. The molecule has 0 heterocycles. The minimum absolute atomic E-state index is 0.542. The predicted molar refractivity (Wildman–Crippen MR) is 61.5 cm³/mol. The van der Waals surface area contributed by atoms with Crippen LogP contribution < -0.4 is 0 Å². The maximum Gasteiger partial charge on any atom is 0.309 e. The topological polar surface area (TPSA) is 37.3 Å². The average Bonchev–Trinajstić information content (AvgIpc) is 2.04. The quantitative estimate of drug-likeness (QED) is 0.736. The van der Waals surface area contributed by atoms with E-state index in [4.69, 9.17) is 5.11 Å². The van der Waals surface area contributed by atoms with Crippen molar-refractivity contribution in [3.05, 3.63) is 0 Å². The fraction of sp³-hybridized carbons (Fsp3) is 0.917. The zero-order chi connectivity index (χ0) is 12.0. The summed E-state index contributed by atoms with van der Waals surface area (Å²) in [5.41, 5.74) is 0.000000000000000222. The number of rotatable bonds is 2. The molecule has 0 amide bonds. The molecule has 2 nitrogen and oxygen atoms in total. The maximum absolute atomic E-state index is 10.3. The lowest BCUT2D eigenvalue weighted by atomic mass is 9.91. The van der Waals surface area contributed by atoms with Crippen molar-refractivity contribution in [1.29, 1.82) is 0 Å². The van der Waals surface area contributed by atoms with Gasteiger partial charge in [-0.25, -0.2) is 0 Å². The van der Waals surface area contributed by atoms with Crippen molar-refractivity contribution < 1.29 is 9.90 Å². The van der Waals surface area contributed by atoms with E-state index in [1.54, 1.807) is 13.8 Å². The summed E-state index contributed by atoms with van der Waals surface area (Å²) < 4.78 is 0. The molecular formula is C12H26O2. The summed E-state index contributed by atoms with van der Waals surface area (Å²) in [5.74, 6) is -0.722. The van der Waals surface area contributed by atoms with E-state index in [0.29, 0.717) is 11.8 Å². The van der Waals surface area contributed by atoms with Gasteiger partial charge in [0.15, 0.2) is 0 Å². The van der Waals surface area contributed by atoms with E-state index in [0.717, 1.165) is 0 Å². The molecule has 0 aliphatic carbocycles. The van der Waals surface area contributed by atoms with Crippen molar-refractivity contribution in [2.75, 3.05) is 0 Å². The molecule has 0 aromatic carbocycles. The highest BCUT2D eigenvalue weighted by Gasteiger charge is 2.23. The Balaban J connectivity index is 0. The normalized spacial score (nSPS) is 11.6. The van der Waals surface area contributed by atoms with Crippen molar-refractivity contribution in [3.63, 3.8) is 0 Å². The summed E-state index contributed by atoms with van der Waals surface area (Å²) in [6, 6.07) is 0. The van der Waals surface area contributed by atoms with Crippen LogP contribution in [0, 0.1) is 10.8 Å². The lowest BCUT2D eigenvalue weighted by Crippen LogP contribution is -2.21. The molecule has 0 radical (unpaired) electrons. The van der Waals surface area contributed by atoms with Gasteiger partial charge in [0.05, 0.1) is 5.41 Å². The van der Waals surface area contributed by atoms with E-state index in [-0.39, 0.29) is 0 Å². The van der Waals surface area contributed by atoms with E-state index in [1.165, 1.54) is 6.42 Å². The zero-order valence-electron chi connectivity index (χ0n) is 10.8. The second-order valence-corrected chi connectivity index (χ2v) is 5.46. The lowest BCUT2D eigenvalue weighted by molar-refractivity contribution is -0.147. The molecule has 0 rings (SSSR count). The Bertz CT molecular complexity index is 164. The molecule has 2 heteroatoms. The SMILES string of the molecule is CCC(C)(C)C.CCC(C)(C)C(=O)O. The van der Waals surface area contributed by atoms with Crippen LogP contribution in [0.5, 0.6) is 0 Å². The van der Waals surface area contributed by atoms with Gasteiger partial charge in [-0.3, -0.25) is 4.79 Å². The summed E-state index contributed by atoms with van der Waals surface area (Å²) >= 11 is 0. The monoisotopic (exact) mass is 202 g/mol. The van der Waals surface area contributed by atoms with Crippen molar-refractivity contribution in [2.24, 2.45) is 10.8 Å². The maximum atomic E-state index is 10.3. The van der Waals surface area contributed by atoms with Gasteiger partial charge in [0.1, 0.15) is 0 Å². The summed E-state index contributed by atoms with van der Waals surface area (Å²) in [6.07, 6.45) is 1.95. The smallest absolute Gasteiger partial charge is 0.309 e. The van der Waals surface area contributed by atoms with Crippen molar-refractivity contribution >= 4 is 5.97 Å². The number of hydrogen-bond acceptors (Lipinski definition) is 1. The predicted octanol–water partition coefficient (Wildman–Crippen LogP) is 3.95. The Labute approximate surface area is 88.7 Å². The van der Waals surface area contributed by atoms with E-state index in [1.807, 2.05) is 6.92 Å². The van der Waals surface area contributed by atoms with Gasteiger partial charge >= 0.3 is 5.97 Å². The van der Waals surface area contributed by atoms with Crippen LogP contribution in [0.2, 0.25) is 0 Å². The van der Waals surface area contributed by atoms with Crippen LogP contribution in [0.4, 0.5) is 0 Å². The molecule has 86 valence electrons. The number of aliphatic carboxylic acids is 1. The summed E-state index contributed by atoms with van der Waals surface area (Å²) in [4.78, 5) is 10.3. The highest BCUT2D eigenvalue weighted by Crippen LogP contribution is 2.18. The minimum Gasteiger partial charge on any atom is -0.481 e. The van der Waals surface area contributed by atoms with Crippen LogP contribution in [0.1, 0.15) is 61.3 Å². The van der Waals surface area contributed by atoms with Gasteiger partial charge in [-0.1, -0.05) is 41.0 Å². The molecule has 0 aliphatic rings. The lowest BCUT2D eigenvalue weighted by Gasteiger charge is -2.14. The standard InChI is InChI=1S/C6H12O2.C6H14/c1-4-6(2,3)5(7)8;1-5-6(2,3)4/h4H2,1-3H3,(H,7,8);5H2,1-4H3. The summed E-state index contributed by atoms with van der Waals surface area (Å²) in [6.45, 7) is 14.2. The van der Waals surface area contributed by atoms with Crippen molar-refractivity contribution in [2.45, 2.75) is 61.3 Å². The Morgan fingerprint density at radius 1 is 1.00 bits per heavy atom. The Morgan fingerprint density at radius 2 is 1.29 bits per heavy atom. The first-order valence-electron chi connectivity index (χ1n) is 5.30. The third-order valence-corrected chi connectivity index (χ3v) is 2.52. The highest BCUT2D eigenvalue weighted by molar-refractivity contribution is 5.73. The van der Waals surface area contributed by atoms with Crippen LogP contribution in [-0.2, 0) is 4.79 Å². The molecule has 1 N–H and O–H groups in total. The van der Waals surface area contributed by atoms with Crippen LogP contribution >= 0.6 is 0 Å². The minimum atomic E-state index is -0.722. The van der Waals surface area contributed by atoms with Gasteiger partial charge in [-0.05, 0) is 25.7 Å². The third-order valence-electron chi connectivity index (χ3n) is 2.52. The van der Waals surface area contributed by atoms with E-state index in [9.17, 15) is 4.79 Å². The van der Waals surface area contributed by atoms with Gasteiger partial charge in [0, 0.05) is 0 Å². The first-order valence-corrected chi connectivity index (χ1v) is 5.30. The average molecular weight is 202 g/mol. The van der Waals surface area contributed by atoms with Gasteiger partial charge < -0.3 is 5.11 Å². The largest absolute Gasteiger partial charge is 0.481 e. The second-order valence-electron chi connectivity index (χ2n) is 5.46. The first-order chi connectivity index (χ1) is 6.06. The number of carbonyl (C=O) groups is 1. The van der Waals surface area contributed by atoms with E-state index < -0.39 is 11.4 Å². The molecule has 0 fully saturated rings. The number of carboxylic acid groups (broad SMARTS) is 1. The second kappa shape index (κ2) is 6.05. The van der Waals surface area contributed by atoms with Crippen LogP contribution in [0.15, 0.2) is 0 Å². The van der Waals surface area contributed by atoms with Gasteiger partial charge in [-0.2, -0.15) is 0 Å². The van der Waals surface area contributed by atoms with Crippen LogP contribution in [0.3, 0.4) is 0 Å². The molecule has 0 aliphatic heterocycles. The van der Waals surface area contributed by atoms with Crippen molar-refractivity contribution in [3.8, 4) is 0 Å². The molecule has 0 bridgehead atoms. The first kappa shape index (κ1) is 15.9.